The number of aromatic nitrogens is 2. The van der Waals surface area contributed by atoms with Crippen molar-refractivity contribution in [2.75, 3.05) is 5.32 Å². The standard InChI is InChI=1S/C12H9F2N3O3/c13-12(14)20-9-4-2-1-3-7(9)16-10-6-15-5-8(17-10)11(18)19/h1-6,12H,(H,16,17)(H,18,19). The Morgan fingerprint density at radius 2 is 2.05 bits per heavy atom. The van der Waals surface area contributed by atoms with E-state index in [0.717, 1.165) is 6.20 Å². The minimum absolute atomic E-state index is 0.0787. The Morgan fingerprint density at radius 3 is 2.75 bits per heavy atom. The van der Waals surface area contributed by atoms with Crippen LogP contribution in [0, 0.1) is 0 Å². The smallest absolute Gasteiger partial charge is 0.387 e. The minimum atomic E-state index is -2.96. The number of ether oxygens (including phenoxy) is 1. The number of carboxylic acid groups (broad SMARTS) is 1. The minimum Gasteiger partial charge on any atom is -0.476 e. The summed E-state index contributed by atoms with van der Waals surface area (Å²) in [7, 11) is 0. The molecule has 0 aliphatic carbocycles. The maximum atomic E-state index is 12.3. The van der Waals surface area contributed by atoms with Crippen molar-refractivity contribution in [1.82, 2.24) is 9.97 Å². The van der Waals surface area contributed by atoms with Gasteiger partial charge in [-0.15, -0.1) is 0 Å². The van der Waals surface area contributed by atoms with Crippen molar-refractivity contribution in [1.29, 1.82) is 0 Å². The van der Waals surface area contributed by atoms with E-state index in [1.807, 2.05) is 0 Å². The van der Waals surface area contributed by atoms with Gasteiger partial charge in [0.25, 0.3) is 0 Å². The molecule has 0 aliphatic heterocycles. The molecule has 20 heavy (non-hydrogen) atoms. The van der Waals surface area contributed by atoms with Crippen molar-refractivity contribution < 1.29 is 23.4 Å². The zero-order valence-electron chi connectivity index (χ0n) is 9.96. The molecule has 0 saturated heterocycles. The maximum Gasteiger partial charge on any atom is 0.387 e. The van der Waals surface area contributed by atoms with Crippen molar-refractivity contribution in [2.45, 2.75) is 6.61 Å². The average molecular weight is 281 g/mol. The topological polar surface area (TPSA) is 84.3 Å². The summed E-state index contributed by atoms with van der Waals surface area (Å²) in [6.45, 7) is -2.96. The lowest BCUT2D eigenvalue weighted by atomic mass is 10.3. The van der Waals surface area contributed by atoms with Crippen LogP contribution in [0.15, 0.2) is 36.7 Å². The second-order valence-corrected chi connectivity index (χ2v) is 3.59. The third kappa shape index (κ3) is 3.37. The Hall–Kier alpha value is -2.77. The lowest BCUT2D eigenvalue weighted by Crippen LogP contribution is -2.06. The monoisotopic (exact) mass is 281 g/mol. The molecule has 0 saturated carbocycles. The SMILES string of the molecule is O=C(O)c1cncc(Nc2ccccc2OC(F)F)n1. The summed E-state index contributed by atoms with van der Waals surface area (Å²) in [5.41, 5.74) is -0.0353. The predicted molar refractivity (Wildman–Crippen MR) is 65.3 cm³/mol. The number of carbonyl (C=O) groups is 1. The van der Waals surface area contributed by atoms with Gasteiger partial charge in [-0.05, 0) is 12.1 Å². The van der Waals surface area contributed by atoms with Crippen molar-refractivity contribution in [2.24, 2.45) is 0 Å². The van der Waals surface area contributed by atoms with Gasteiger partial charge in [-0.3, -0.25) is 4.98 Å². The summed E-state index contributed by atoms with van der Waals surface area (Å²) in [5.74, 6) is -1.21. The van der Waals surface area contributed by atoms with Gasteiger partial charge in [0, 0.05) is 0 Å². The molecule has 1 aromatic heterocycles. The molecule has 0 bridgehead atoms. The highest BCUT2D eigenvalue weighted by molar-refractivity contribution is 5.85. The third-order valence-electron chi connectivity index (χ3n) is 2.22. The quantitative estimate of drug-likeness (QED) is 0.876. The molecule has 0 radical (unpaired) electrons. The molecule has 6 nitrogen and oxygen atoms in total. The summed E-state index contributed by atoms with van der Waals surface area (Å²) in [4.78, 5) is 18.2. The van der Waals surface area contributed by atoms with E-state index in [-0.39, 0.29) is 22.9 Å². The van der Waals surface area contributed by atoms with E-state index in [4.69, 9.17) is 5.11 Å². The molecule has 2 aromatic rings. The Labute approximate surface area is 112 Å². The van der Waals surface area contributed by atoms with Crippen LogP contribution in [0.4, 0.5) is 20.3 Å². The number of hydrogen-bond donors (Lipinski definition) is 2. The summed E-state index contributed by atoms with van der Waals surface area (Å²) < 4.78 is 28.8. The number of nitrogens with one attached hydrogen (secondary N) is 1. The van der Waals surface area contributed by atoms with E-state index >= 15 is 0 Å². The molecule has 8 heteroatoms. The molecular formula is C12H9F2N3O3. The normalized spacial score (nSPS) is 10.3. The van der Waals surface area contributed by atoms with E-state index < -0.39 is 12.6 Å². The van der Waals surface area contributed by atoms with Crippen molar-refractivity contribution in [3.8, 4) is 5.75 Å². The van der Waals surface area contributed by atoms with Crippen LogP contribution in [-0.4, -0.2) is 27.7 Å². The zero-order chi connectivity index (χ0) is 14.5. The number of rotatable bonds is 5. The molecule has 0 aliphatic rings. The Morgan fingerprint density at radius 1 is 1.30 bits per heavy atom. The highest BCUT2D eigenvalue weighted by Gasteiger charge is 2.11. The highest BCUT2D eigenvalue weighted by atomic mass is 19.3. The Kier molecular flexibility index (Phi) is 4.04. The molecule has 0 spiro atoms. The number of benzene rings is 1. The van der Waals surface area contributed by atoms with Gasteiger partial charge in [0.05, 0.1) is 18.1 Å². The fraction of sp³-hybridized carbons (Fsp3) is 0.0833. The number of hydrogen-bond acceptors (Lipinski definition) is 5. The third-order valence-corrected chi connectivity index (χ3v) is 2.22. The first-order valence-corrected chi connectivity index (χ1v) is 5.42. The van der Waals surface area contributed by atoms with Gasteiger partial charge in [-0.25, -0.2) is 9.78 Å². The molecule has 104 valence electrons. The molecule has 0 amide bonds. The lowest BCUT2D eigenvalue weighted by molar-refractivity contribution is -0.0493. The van der Waals surface area contributed by atoms with Crippen LogP contribution >= 0.6 is 0 Å². The molecule has 0 atom stereocenters. The zero-order valence-corrected chi connectivity index (χ0v) is 9.96. The fourth-order valence-corrected chi connectivity index (χ4v) is 1.44. The Bertz CT molecular complexity index is 622. The van der Waals surface area contributed by atoms with Gasteiger partial charge in [-0.2, -0.15) is 8.78 Å². The largest absolute Gasteiger partial charge is 0.476 e. The van der Waals surface area contributed by atoms with E-state index in [1.54, 1.807) is 6.07 Å². The first-order chi connectivity index (χ1) is 9.56. The van der Waals surface area contributed by atoms with Gasteiger partial charge in [-0.1, -0.05) is 12.1 Å². The second-order valence-electron chi connectivity index (χ2n) is 3.59. The Balaban J connectivity index is 2.25. The number of aromatic carboxylic acids is 1. The van der Waals surface area contributed by atoms with Gasteiger partial charge in [0.2, 0.25) is 0 Å². The molecule has 0 unspecified atom stereocenters. The fourth-order valence-electron chi connectivity index (χ4n) is 1.44. The van der Waals surface area contributed by atoms with Crippen LogP contribution in [-0.2, 0) is 0 Å². The van der Waals surface area contributed by atoms with Gasteiger partial charge in [0.15, 0.2) is 5.69 Å². The first-order valence-electron chi connectivity index (χ1n) is 5.42. The number of carboxylic acids is 1. The highest BCUT2D eigenvalue weighted by Crippen LogP contribution is 2.27. The molecule has 2 rings (SSSR count). The van der Waals surface area contributed by atoms with E-state index in [0.29, 0.717) is 0 Å². The molecule has 0 fully saturated rings. The van der Waals surface area contributed by atoms with Crippen LogP contribution in [0.2, 0.25) is 0 Å². The molecule has 1 aromatic carbocycles. The number of halogens is 2. The number of anilines is 2. The molecular weight excluding hydrogens is 272 g/mol. The summed E-state index contributed by atoms with van der Waals surface area (Å²) in [5, 5.41) is 11.5. The van der Waals surface area contributed by atoms with E-state index in [2.05, 4.69) is 20.0 Å². The van der Waals surface area contributed by atoms with Crippen LogP contribution in [0.5, 0.6) is 5.75 Å². The van der Waals surface area contributed by atoms with Gasteiger partial charge in [0.1, 0.15) is 11.6 Å². The van der Waals surface area contributed by atoms with Gasteiger partial charge < -0.3 is 15.2 Å². The molecule has 1 heterocycles. The van der Waals surface area contributed by atoms with Crippen molar-refractivity contribution >= 4 is 17.5 Å². The summed E-state index contributed by atoms with van der Waals surface area (Å²) in [6, 6.07) is 5.98. The number of alkyl halides is 2. The summed E-state index contributed by atoms with van der Waals surface area (Å²) >= 11 is 0. The van der Waals surface area contributed by atoms with Crippen molar-refractivity contribution in [3.05, 3.63) is 42.4 Å². The number of nitrogens with zero attached hydrogens (tertiary/aromatic N) is 2. The predicted octanol–water partition coefficient (Wildman–Crippen LogP) is 2.52. The summed E-state index contributed by atoms with van der Waals surface area (Å²) in [6.07, 6.45) is 2.35. The lowest BCUT2D eigenvalue weighted by Gasteiger charge is -2.11. The van der Waals surface area contributed by atoms with Crippen LogP contribution in [0.1, 0.15) is 10.5 Å². The van der Waals surface area contributed by atoms with Crippen LogP contribution in [0.25, 0.3) is 0 Å². The molecule has 2 N–H and O–H groups in total. The average Bonchev–Trinajstić information content (AvgIpc) is 2.41. The van der Waals surface area contributed by atoms with E-state index in [1.165, 1.54) is 24.4 Å². The van der Waals surface area contributed by atoms with Crippen LogP contribution < -0.4 is 10.1 Å². The number of para-hydroxylation sites is 2. The van der Waals surface area contributed by atoms with Gasteiger partial charge >= 0.3 is 12.6 Å². The second kappa shape index (κ2) is 5.91. The maximum absolute atomic E-state index is 12.3. The van der Waals surface area contributed by atoms with E-state index in [9.17, 15) is 13.6 Å². The van der Waals surface area contributed by atoms with Crippen molar-refractivity contribution in [3.63, 3.8) is 0 Å². The first kappa shape index (κ1) is 13.7. The van der Waals surface area contributed by atoms with Crippen LogP contribution in [0.3, 0.4) is 0 Å².